The molecule has 3 nitrogen and oxygen atoms in total. The van der Waals surface area contributed by atoms with Crippen molar-refractivity contribution in [1.82, 2.24) is 9.55 Å². The zero-order valence-electron chi connectivity index (χ0n) is 13.7. The number of aromatic nitrogens is 2. The minimum atomic E-state index is -1.46. The molecule has 1 aliphatic rings. The molecule has 1 aliphatic heterocycles. The van der Waals surface area contributed by atoms with Crippen molar-refractivity contribution in [2.24, 2.45) is 0 Å². The largest absolute Gasteiger partial charge is 0.358 e. The molecule has 1 unspecified atom stereocenters. The molecule has 0 radical (unpaired) electrons. The maximum atomic E-state index is 11.4. The summed E-state index contributed by atoms with van der Waals surface area (Å²) in [5.74, 6) is 0.747. The predicted molar refractivity (Wildman–Crippen MR) is 108 cm³/mol. The highest BCUT2D eigenvalue weighted by molar-refractivity contribution is 7.81. The van der Waals surface area contributed by atoms with E-state index in [-0.39, 0.29) is 0 Å². The van der Waals surface area contributed by atoms with Crippen molar-refractivity contribution < 1.29 is 5.11 Å². The van der Waals surface area contributed by atoms with Gasteiger partial charge in [0.05, 0.1) is 11.0 Å². The number of fused-ring (bicyclic) bond motifs is 5. The van der Waals surface area contributed by atoms with Crippen LogP contribution in [0, 0.1) is 0 Å². The minimum absolute atomic E-state index is 0.747. The quantitative estimate of drug-likeness (QED) is 0.306. The van der Waals surface area contributed by atoms with Crippen LogP contribution in [0.2, 0.25) is 0 Å². The fraction of sp³-hybridized carbons (Fsp3) is 0.0455. The second kappa shape index (κ2) is 4.67. The molecule has 0 bridgehead atoms. The van der Waals surface area contributed by atoms with Crippen molar-refractivity contribution in [3.8, 4) is 11.4 Å². The van der Waals surface area contributed by atoms with Gasteiger partial charge >= 0.3 is 0 Å². The smallest absolute Gasteiger partial charge is 0.217 e. The summed E-state index contributed by atoms with van der Waals surface area (Å²) in [6.07, 6.45) is 0. The summed E-state index contributed by atoms with van der Waals surface area (Å²) in [6, 6.07) is 24.5. The average Bonchev–Trinajstić information content (AvgIpc) is 3.03. The number of hydrogen-bond donors (Lipinski definition) is 2. The predicted octanol–water partition coefficient (Wildman–Crippen LogP) is 4.90. The van der Waals surface area contributed by atoms with E-state index < -0.39 is 5.06 Å². The van der Waals surface area contributed by atoms with Gasteiger partial charge in [0.1, 0.15) is 5.82 Å². The first-order valence-electron chi connectivity index (χ1n) is 8.54. The van der Waals surface area contributed by atoms with E-state index in [0.717, 1.165) is 49.5 Å². The van der Waals surface area contributed by atoms with E-state index in [4.69, 9.17) is 17.6 Å². The summed E-state index contributed by atoms with van der Waals surface area (Å²) in [4.78, 5) is 4.88. The lowest BCUT2D eigenvalue weighted by Crippen LogP contribution is -2.31. The van der Waals surface area contributed by atoms with Gasteiger partial charge in [-0.15, -0.1) is 12.6 Å². The zero-order chi connectivity index (χ0) is 17.5. The number of rotatable bonds is 0. The summed E-state index contributed by atoms with van der Waals surface area (Å²) < 4.78 is 1.84. The molecule has 0 saturated carbocycles. The Labute approximate surface area is 154 Å². The Bertz CT molecular complexity index is 1360. The molecule has 4 heteroatoms. The highest BCUT2D eigenvalue weighted by Crippen LogP contribution is 2.46. The Kier molecular flexibility index (Phi) is 2.58. The Morgan fingerprint density at radius 1 is 0.846 bits per heavy atom. The fourth-order valence-corrected chi connectivity index (χ4v) is 4.58. The summed E-state index contributed by atoms with van der Waals surface area (Å²) in [5.41, 5.74) is 3.55. The van der Waals surface area contributed by atoms with Crippen molar-refractivity contribution in [3.05, 3.63) is 78.4 Å². The zero-order valence-corrected chi connectivity index (χ0v) is 14.6. The SMILES string of the molecule is OC1(S)c2cccc3cccc(c23)-c2nc3cc4ccccc4cc3n21. The van der Waals surface area contributed by atoms with Crippen LogP contribution in [-0.2, 0) is 5.06 Å². The van der Waals surface area contributed by atoms with Crippen LogP contribution in [0.1, 0.15) is 5.56 Å². The Morgan fingerprint density at radius 2 is 1.54 bits per heavy atom. The van der Waals surface area contributed by atoms with Gasteiger partial charge in [-0.1, -0.05) is 60.7 Å². The van der Waals surface area contributed by atoms with Crippen molar-refractivity contribution >= 4 is 45.2 Å². The van der Waals surface area contributed by atoms with Crippen molar-refractivity contribution in [2.45, 2.75) is 5.06 Å². The molecular formula is C22H14N2OS. The van der Waals surface area contributed by atoms with Gasteiger partial charge in [0, 0.05) is 16.5 Å². The second-order valence-corrected chi connectivity index (χ2v) is 7.43. The molecule has 4 aromatic carbocycles. The molecule has 1 aromatic heterocycles. The first kappa shape index (κ1) is 14.4. The summed E-state index contributed by atoms with van der Waals surface area (Å²) in [5, 5.41) is 14.3. The number of aliphatic hydroxyl groups is 1. The van der Waals surface area contributed by atoms with Gasteiger partial charge in [0.15, 0.2) is 0 Å². The van der Waals surface area contributed by atoms with E-state index in [1.807, 2.05) is 34.9 Å². The van der Waals surface area contributed by atoms with Crippen LogP contribution in [0.3, 0.4) is 0 Å². The summed E-state index contributed by atoms with van der Waals surface area (Å²) in [7, 11) is 0. The highest BCUT2D eigenvalue weighted by Gasteiger charge is 2.38. The molecular weight excluding hydrogens is 340 g/mol. The first-order chi connectivity index (χ1) is 12.6. The molecule has 1 N–H and O–H groups in total. The molecule has 1 atom stereocenters. The van der Waals surface area contributed by atoms with E-state index in [0.29, 0.717) is 0 Å². The van der Waals surface area contributed by atoms with Crippen LogP contribution < -0.4 is 0 Å². The van der Waals surface area contributed by atoms with Crippen LogP contribution >= 0.6 is 12.6 Å². The number of thiol groups is 1. The van der Waals surface area contributed by atoms with Crippen LogP contribution in [0.15, 0.2) is 72.8 Å². The third-order valence-corrected chi connectivity index (χ3v) is 5.78. The van der Waals surface area contributed by atoms with Crippen LogP contribution in [0.5, 0.6) is 0 Å². The summed E-state index contributed by atoms with van der Waals surface area (Å²) >= 11 is 4.69. The highest BCUT2D eigenvalue weighted by atomic mass is 32.1. The van der Waals surface area contributed by atoms with E-state index in [1.165, 1.54) is 0 Å². The molecule has 6 rings (SSSR count). The third-order valence-electron chi connectivity index (χ3n) is 5.34. The minimum Gasteiger partial charge on any atom is -0.358 e. The monoisotopic (exact) mass is 354 g/mol. The molecule has 124 valence electrons. The maximum absolute atomic E-state index is 11.4. The number of benzene rings is 4. The van der Waals surface area contributed by atoms with Gasteiger partial charge in [-0.05, 0) is 28.3 Å². The topological polar surface area (TPSA) is 38.1 Å². The van der Waals surface area contributed by atoms with Crippen LogP contribution in [0.4, 0.5) is 0 Å². The summed E-state index contributed by atoms with van der Waals surface area (Å²) in [6.45, 7) is 0. The van der Waals surface area contributed by atoms with E-state index >= 15 is 0 Å². The lowest BCUT2D eigenvalue weighted by atomic mass is 9.94. The fourth-order valence-electron chi connectivity index (χ4n) is 4.19. The van der Waals surface area contributed by atoms with E-state index in [1.54, 1.807) is 0 Å². The van der Waals surface area contributed by atoms with Gasteiger partial charge in [0.2, 0.25) is 5.06 Å². The third kappa shape index (κ3) is 1.66. The van der Waals surface area contributed by atoms with Crippen molar-refractivity contribution in [2.75, 3.05) is 0 Å². The average molecular weight is 354 g/mol. The molecule has 0 amide bonds. The number of nitrogens with zero attached hydrogens (tertiary/aromatic N) is 2. The Morgan fingerprint density at radius 3 is 2.35 bits per heavy atom. The molecule has 0 aliphatic carbocycles. The Balaban J connectivity index is 1.85. The van der Waals surface area contributed by atoms with E-state index in [9.17, 15) is 5.11 Å². The lowest BCUT2D eigenvalue weighted by molar-refractivity contribution is 0.114. The van der Waals surface area contributed by atoms with Gasteiger partial charge in [0.25, 0.3) is 0 Å². The van der Waals surface area contributed by atoms with E-state index in [2.05, 4.69) is 42.5 Å². The van der Waals surface area contributed by atoms with Gasteiger partial charge in [-0.25, -0.2) is 4.98 Å². The molecule has 2 heterocycles. The Hall–Kier alpha value is -2.82. The molecule has 26 heavy (non-hydrogen) atoms. The van der Waals surface area contributed by atoms with Crippen molar-refractivity contribution in [3.63, 3.8) is 0 Å². The molecule has 5 aromatic rings. The van der Waals surface area contributed by atoms with Gasteiger partial charge < -0.3 is 5.11 Å². The first-order valence-corrected chi connectivity index (χ1v) is 8.98. The number of hydrogen-bond acceptors (Lipinski definition) is 3. The second-order valence-electron chi connectivity index (χ2n) is 6.80. The van der Waals surface area contributed by atoms with Crippen LogP contribution in [-0.4, -0.2) is 14.7 Å². The van der Waals surface area contributed by atoms with Gasteiger partial charge in [-0.3, -0.25) is 4.57 Å². The molecule has 0 saturated heterocycles. The van der Waals surface area contributed by atoms with Crippen molar-refractivity contribution in [1.29, 1.82) is 0 Å². The molecule has 0 spiro atoms. The lowest BCUT2D eigenvalue weighted by Gasteiger charge is -2.32. The van der Waals surface area contributed by atoms with Gasteiger partial charge in [-0.2, -0.15) is 0 Å². The number of imidazole rings is 1. The normalized spacial score (nSPS) is 18.5. The standard InChI is InChI=1S/C22H14N2OS/c25-22(26)17-10-4-8-13-7-3-9-16(20(13)17)21-23-18-11-14-5-1-2-6-15(14)12-19(18)24(21)22/h1-12,25-26H. The van der Waals surface area contributed by atoms with Crippen LogP contribution in [0.25, 0.3) is 44.0 Å². The molecule has 0 fully saturated rings. The maximum Gasteiger partial charge on any atom is 0.217 e.